The Balaban J connectivity index is 1.94. The van der Waals surface area contributed by atoms with E-state index in [4.69, 9.17) is 0 Å². The molecule has 0 saturated heterocycles. The van der Waals surface area contributed by atoms with Crippen molar-refractivity contribution in [3.8, 4) is 0 Å². The molecule has 4 nitrogen and oxygen atoms in total. The number of amides is 2. The highest BCUT2D eigenvalue weighted by atomic mass is 16.2. The van der Waals surface area contributed by atoms with Crippen LogP contribution in [0.3, 0.4) is 0 Å². The lowest BCUT2D eigenvalue weighted by molar-refractivity contribution is 0.0887. The minimum Gasteiger partial charge on any atom is -0.267 e. The Bertz CT molecular complexity index is 918. The monoisotopic (exact) mass is 344 g/mol. The van der Waals surface area contributed by atoms with Crippen LogP contribution in [-0.4, -0.2) is 11.8 Å². The van der Waals surface area contributed by atoms with Crippen molar-refractivity contribution in [1.82, 2.24) is 5.43 Å². The van der Waals surface area contributed by atoms with Gasteiger partial charge in [0, 0.05) is 11.1 Å². The zero-order chi connectivity index (χ0) is 18.5. The number of rotatable bonds is 3. The van der Waals surface area contributed by atoms with E-state index in [1.165, 1.54) is 5.01 Å². The predicted octanol–water partition coefficient (Wildman–Crippen LogP) is 4.30. The molecule has 0 saturated carbocycles. The number of para-hydroxylation sites is 1. The average molecular weight is 344 g/mol. The highest BCUT2D eigenvalue weighted by Gasteiger charge is 2.21. The summed E-state index contributed by atoms with van der Waals surface area (Å²) in [7, 11) is 0. The van der Waals surface area contributed by atoms with E-state index in [1.54, 1.807) is 36.4 Å². The number of hydrazine groups is 1. The van der Waals surface area contributed by atoms with Crippen LogP contribution in [0.1, 0.15) is 31.8 Å². The zero-order valence-corrected chi connectivity index (χ0v) is 14.8. The molecule has 2 amide bonds. The second-order valence-corrected chi connectivity index (χ2v) is 6.10. The van der Waals surface area contributed by atoms with E-state index in [9.17, 15) is 9.59 Å². The van der Waals surface area contributed by atoms with Crippen molar-refractivity contribution in [3.63, 3.8) is 0 Å². The largest absolute Gasteiger partial charge is 0.277 e. The first-order valence-corrected chi connectivity index (χ1v) is 8.39. The van der Waals surface area contributed by atoms with Gasteiger partial charge in [0.05, 0.1) is 5.69 Å². The van der Waals surface area contributed by atoms with Crippen LogP contribution in [0.25, 0.3) is 0 Å². The fourth-order valence-electron chi connectivity index (χ4n) is 2.62. The summed E-state index contributed by atoms with van der Waals surface area (Å²) in [5, 5.41) is 1.29. The highest BCUT2D eigenvalue weighted by Crippen LogP contribution is 2.16. The molecule has 3 aromatic carbocycles. The van der Waals surface area contributed by atoms with Crippen LogP contribution in [0.2, 0.25) is 0 Å². The summed E-state index contributed by atoms with van der Waals surface area (Å²) in [4.78, 5) is 25.8. The molecular formula is C22H20N2O2. The molecule has 0 aliphatic heterocycles. The van der Waals surface area contributed by atoms with E-state index in [0.29, 0.717) is 16.8 Å². The molecule has 130 valence electrons. The third-order valence-electron chi connectivity index (χ3n) is 4.12. The summed E-state index contributed by atoms with van der Waals surface area (Å²) >= 11 is 0. The smallest absolute Gasteiger partial charge is 0.267 e. The average Bonchev–Trinajstić information content (AvgIpc) is 2.67. The minimum absolute atomic E-state index is 0.293. The van der Waals surface area contributed by atoms with Gasteiger partial charge in [-0.25, -0.2) is 5.01 Å². The molecule has 4 heteroatoms. The van der Waals surface area contributed by atoms with Gasteiger partial charge in [-0.15, -0.1) is 0 Å². The summed E-state index contributed by atoms with van der Waals surface area (Å²) in [6, 6.07) is 23.6. The minimum atomic E-state index is -0.326. The van der Waals surface area contributed by atoms with Crippen molar-refractivity contribution < 1.29 is 9.59 Å². The third kappa shape index (κ3) is 3.81. The molecular weight excluding hydrogens is 324 g/mol. The molecule has 0 unspecified atom stereocenters. The van der Waals surface area contributed by atoms with E-state index >= 15 is 0 Å². The molecule has 0 spiro atoms. The SMILES string of the molecule is Cc1ccc(C(=O)N(NC(=O)c2ccccc2C)c2ccccc2)cc1. The molecule has 0 aromatic heterocycles. The first kappa shape index (κ1) is 17.4. The van der Waals surface area contributed by atoms with Gasteiger partial charge in [0.25, 0.3) is 11.8 Å². The van der Waals surface area contributed by atoms with Gasteiger partial charge in [-0.1, -0.05) is 54.1 Å². The first-order valence-electron chi connectivity index (χ1n) is 8.39. The van der Waals surface area contributed by atoms with Crippen LogP contribution in [-0.2, 0) is 0 Å². The molecule has 0 aliphatic rings. The Morgan fingerprint density at radius 2 is 1.38 bits per heavy atom. The van der Waals surface area contributed by atoms with E-state index in [1.807, 2.05) is 56.3 Å². The quantitative estimate of drug-likeness (QED) is 0.720. The van der Waals surface area contributed by atoms with Crippen molar-refractivity contribution in [2.45, 2.75) is 13.8 Å². The summed E-state index contributed by atoms with van der Waals surface area (Å²) in [6.07, 6.45) is 0. The molecule has 0 aliphatic carbocycles. The van der Waals surface area contributed by atoms with E-state index in [0.717, 1.165) is 11.1 Å². The lowest BCUT2D eigenvalue weighted by Gasteiger charge is -2.24. The van der Waals surface area contributed by atoms with Crippen molar-refractivity contribution >= 4 is 17.5 Å². The Hall–Kier alpha value is -3.40. The first-order chi connectivity index (χ1) is 12.6. The van der Waals surface area contributed by atoms with Gasteiger partial charge in [-0.05, 0) is 49.7 Å². The van der Waals surface area contributed by atoms with Crippen molar-refractivity contribution in [3.05, 3.63) is 101 Å². The van der Waals surface area contributed by atoms with Crippen LogP contribution >= 0.6 is 0 Å². The number of benzene rings is 3. The van der Waals surface area contributed by atoms with Gasteiger partial charge in [0.1, 0.15) is 0 Å². The lowest BCUT2D eigenvalue weighted by atomic mass is 10.1. The van der Waals surface area contributed by atoms with Crippen LogP contribution in [0, 0.1) is 13.8 Å². The fourth-order valence-corrected chi connectivity index (χ4v) is 2.62. The topological polar surface area (TPSA) is 49.4 Å². The van der Waals surface area contributed by atoms with Crippen LogP contribution in [0.4, 0.5) is 5.69 Å². The maximum Gasteiger partial charge on any atom is 0.277 e. The number of nitrogens with zero attached hydrogens (tertiary/aromatic N) is 1. The molecule has 3 rings (SSSR count). The van der Waals surface area contributed by atoms with Gasteiger partial charge >= 0.3 is 0 Å². The second-order valence-electron chi connectivity index (χ2n) is 6.10. The number of hydrogen-bond donors (Lipinski definition) is 1. The fraction of sp³-hybridized carbons (Fsp3) is 0.0909. The molecule has 0 atom stereocenters. The molecule has 0 heterocycles. The second kappa shape index (κ2) is 7.66. The Kier molecular flexibility index (Phi) is 5.13. The molecule has 0 bridgehead atoms. The van der Waals surface area contributed by atoms with Gasteiger partial charge in [-0.2, -0.15) is 0 Å². The van der Waals surface area contributed by atoms with Crippen LogP contribution < -0.4 is 10.4 Å². The van der Waals surface area contributed by atoms with Crippen molar-refractivity contribution in [2.24, 2.45) is 0 Å². The van der Waals surface area contributed by atoms with Crippen LogP contribution in [0.15, 0.2) is 78.9 Å². The predicted molar refractivity (Wildman–Crippen MR) is 103 cm³/mol. The standard InChI is InChI=1S/C22H20N2O2/c1-16-12-14-18(15-13-16)22(26)24(19-9-4-3-5-10-19)23-21(25)20-11-7-6-8-17(20)2/h3-15H,1-2H3,(H,23,25). The zero-order valence-electron chi connectivity index (χ0n) is 14.8. The molecule has 3 aromatic rings. The molecule has 0 radical (unpaired) electrons. The molecule has 1 N–H and O–H groups in total. The summed E-state index contributed by atoms with van der Waals surface area (Å²) < 4.78 is 0. The number of aryl methyl sites for hydroxylation is 2. The Morgan fingerprint density at radius 1 is 0.769 bits per heavy atom. The van der Waals surface area contributed by atoms with E-state index in [2.05, 4.69) is 5.43 Å². The summed E-state index contributed by atoms with van der Waals surface area (Å²) in [5.74, 6) is -0.620. The van der Waals surface area contributed by atoms with Crippen molar-refractivity contribution in [2.75, 3.05) is 5.01 Å². The Morgan fingerprint density at radius 3 is 2.04 bits per heavy atom. The van der Waals surface area contributed by atoms with Crippen molar-refractivity contribution in [1.29, 1.82) is 0 Å². The summed E-state index contributed by atoms with van der Waals surface area (Å²) in [5.41, 5.74) is 6.30. The summed E-state index contributed by atoms with van der Waals surface area (Å²) in [6.45, 7) is 3.83. The number of anilines is 1. The highest BCUT2D eigenvalue weighted by molar-refractivity contribution is 6.09. The van der Waals surface area contributed by atoms with Gasteiger partial charge in [0.15, 0.2) is 0 Å². The molecule has 26 heavy (non-hydrogen) atoms. The Labute approximate surface area is 153 Å². The number of carbonyl (C=O) groups excluding carboxylic acids is 2. The number of carbonyl (C=O) groups is 2. The maximum absolute atomic E-state index is 13.0. The van der Waals surface area contributed by atoms with E-state index < -0.39 is 0 Å². The van der Waals surface area contributed by atoms with Gasteiger partial charge in [0.2, 0.25) is 0 Å². The number of nitrogens with one attached hydrogen (secondary N) is 1. The van der Waals surface area contributed by atoms with Crippen LogP contribution in [0.5, 0.6) is 0 Å². The lowest BCUT2D eigenvalue weighted by Crippen LogP contribution is -2.46. The maximum atomic E-state index is 13.0. The molecule has 0 fully saturated rings. The van der Waals surface area contributed by atoms with Gasteiger partial charge < -0.3 is 0 Å². The third-order valence-corrected chi connectivity index (χ3v) is 4.12. The number of hydrogen-bond acceptors (Lipinski definition) is 2. The normalized spacial score (nSPS) is 10.2. The van der Waals surface area contributed by atoms with Gasteiger partial charge in [-0.3, -0.25) is 15.0 Å². The van der Waals surface area contributed by atoms with E-state index in [-0.39, 0.29) is 11.8 Å².